The Morgan fingerprint density at radius 1 is 1.11 bits per heavy atom. The zero-order valence-electron chi connectivity index (χ0n) is 16.4. The lowest BCUT2D eigenvalue weighted by atomic mass is 9.83. The van der Waals surface area contributed by atoms with Crippen LogP contribution in [0.25, 0.3) is 6.08 Å². The molecule has 0 unspecified atom stereocenters. The van der Waals surface area contributed by atoms with Gasteiger partial charge in [0.1, 0.15) is 11.4 Å². The molecule has 2 aromatic carbocycles. The molecule has 2 aromatic rings. The number of benzene rings is 2. The molecule has 0 N–H and O–H groups in total. The number of ether oxygens (including phenoxy) is 2. The Hall–Kier alpha value is -2.59. The Labute approximate surface area is 166 Å². The van der Waals surface area contributed by atoms with Gasteiger partial charge in [-0.3, -0.25) is 4.90 Å². The maximum Gasteiger partial charge on any atom is 0.330 e. The minimum absolute atomic E-state index is 0.0212. The van der Waals surface area contributed by atoms with Crippen molar-refractivity contribution >= 4 is 12.0 Å². The second-order valence-electron chi connectivity index (χ2n) is 7.77. The molecular formula is C24H27NO3. The molecule has 0 atom stereocenters. The van der Waals surface area contributed by atoms with E-state index in [-0.39, 0.29) is 11.6 Å². The topological polar surface area (TPSA) is 38.8 Å². The van der Waals surface area contributed by atoms with Crippen LogP contribution in [-0.4, -0.2) is 36.7 Å². The predicted molar refractivity (Wildman–Crippen MR) is 110 cm³/mol. The van der Waals surface area contributed by atoms with Crippen molar-refractivity contribution in [1.82, 2.24) is 4.90 Å². The van der Waals surface area contributed by atoms with Crippen molar-refractivity contribution in [1.29, 1.82) is 0 Å². The smallest absolute Gasteiger partial charge is 0.330 e. The van der Waals surface area contributed by atoms with E-state index in [2.05, 4.69) is 46.0 Å². The second-order valence-corrected chi connectivity index (χ2v) is 7.77. The number of carbonyl (C=O) groups is 1. The second kappa shape index (κ2) is 8.19. The average molecular weight is 377 g/mol. The van der Waals surface area contributed by atoms with E-state index in [0.717, 1.165) is 56.6 Å². The maximum absolute atomic E-state index is 11.2. The summed E-state index contributed by atoms with van der Waals surface area (Å²) >= 11 is 0. The van der Waals surface area contributed by atoms with Gasteiger partial charge in [-0.1, -0.05) is 42.5 Å². The lowest BCUT2D eigenvalue weighted by molar-refractivity contribution is -0.134. The Kier molecular flexibility index (Phi) is 5.49. The SMILES string of the molecule is COC(=O)/C=C/c1ccc(CN2CCC3(CCc4ccccc4O3)CC2)cc1. The summed E-state index contributed by atoms with van der Waals surface area (Å²) in [4.78, 5) is 13.7. The molecule has 2 aliphatic rings. The highest BCUT2D eigenvalue weighted by Gasteiger charge is 2.39. The number of hydrogen-bond donors (Lipinski definition) is 0. The normalized spacial score (nSPS) is 18.6. The monoisotopic (exact) mass is 377 g/mol. The number of nitrogens with zero attached hydrogens (tertiary/aromatic N) is 1. The van der Waals surface area contributed by atoms with Crippen LogP contribution in [0.15, 0.2) is 54.6 Å². The van der Waals surface area contributed by atoms with Crippen LogP contribution in [0.4, 0.5) is 0 Å². The van der Waals surface area contributed by atoms with Gasteiger partial charge in [-0.25, -0.2) is 4.79 Å². The highest BCUT2D eigenvalue weighted by atomic mass is 16.5. The van der Waals surface area contributed by atoms with Gasteiger partial charge in [0.2, 0.25) is 0 Å². The summed E-state index contributed by atoms with van der Waals surface area (Å²) in [5.74, 6) is 0.747. The maximum atomic E-state index is 11.2. The standard InChI is InChI=1S/C24H27NO3/c1-27-23(26)11-10-19-6-8-20(9-7-19)18-25-16-14-24(15-17-25)13-12-21-4-2-3-5-22(21)28-24/h2-11H,12-18H2,1H3/b11-10+. The number of rotatable bonds is 4. The van der Waals surface area contributed by atoms with Gasteiger partial charge in [0.25, 0.3) is 0 Å². The summed E-state index contributed by atoms with van der Waals surface area (Å²) in [5, 5.41) is 0. The minimum atomic E-state index is -0.334. The molecule has 0 aliphatic carbocycles. The van der Waals surface area contributed by atoms with Gasteiger partial charge in [-0.2, -0.15) is 0 Å². The first-order valence-electron chi connectivity index (χ1n) is 10.0. The zero-order valence-corrected chi connectivity index (χ0v) is 16.4. The molecule has 1 spiro atoms. The number of likely N-dealkylation sites (tertiary alicyclic amines) is 1. The first-order chi connectivity index (χ1) is 13.7. The summed E-state index contributed by atoms with van der Waals surface area (Å²) < 4.78 is 11.1. The van der Waals surface area contributed by atoms with Crippen LogP contribution < -0.4 is 4.74 Å². The van der Waals surface area contributed by atoms with E-state index in [1.165, 1.54) is 24.3 Å². The number of piperidine rings is 1. The molecular weight excluding hydrogens is 350 g/mol. The first kappa shape index (κ1) is 18.8. The Morgan fingerprint density at radius 2 is 1.86 bits per heavy atom. The fourth-order valence-corrected chi connectivity index (χ4v) is 4.15. The highest BCUT2D eigenvalue weighted by molar-refractivity contribution is 5.86. The van der Waals surface area contributed by atoms with Crippen molar-refractivity contribution in [3.8, 4) is 5.75 Å². The number of fused-ring (bicyclic) bond motifs is 1. The molecule has 0 aromatic heterocycles. The Balaban J connectivity index is 1.31. The van der Waals surface area contributed by atoms with Crippen LogP contribution in [0, 0.1) is 0 Å². The van der Waals surface area contributed by atoms with Crippen molar-refractivity contribution in [3.05, 3.63) is 71.3 Å². The van der Waals surface area contributed by atoms with Crippen LogP contribution in [0.3, 0.4) is 0 Å². The molecule has 1 saturated heterocycles. The van der Waals surface area contributed by atoms with Gasteiger partial charge in [0.05, 0.1) is 7.11 Å². The first-order valence-corrected chi connectivity index (χ1v) is 10.0. The van der Waals surface area contributed by atoms with E-state index in [0.29, 0.717) is 0 Å². The summed E-state index contributed by atoms with van der Waals surface area (Å²) in [5.41, 5.74) is 3.66. The molecule has 0 radical (unpaired) electrons. The van der Waals surface area contributed by atoms with Crippen molar-refractivity contribution in [2.24, 2.45) is 0 Å². The predicted octanol–water partition coefficient (Wildman–Crippen LogP) is 4.23. The third-order valence-corrected chi connectivity index (χ3v) is 5.92. The summed E-state index contributed by atoms with van der Waals surface area (Å²) in [6.07, 6.45) is 7.64. The van der Waals surface area contributed by atoms with Gasteiger partial charge < -0.3 is 9.47 Å². The lowest BCUT2D eigenvalue weighted by Gasteiger charge is -2.44. The van der Waals surface area contributed by atoms with Gasteiger partial charge in [-0.15, -0.1) is 0 Å². The summed E-state index contributed by atoms with van der Waals surface area (Å²) in [6.45, 7) is 3.08. The molecule has 4 heteroatoms. The van der Waals surface area contributed by atoms with Crippen LogP contribution in [0.2, 0.25) is 0 Å². The molecule has 0 bridgehead atoms. The molecule has 4 rings (SSSR count). The minimum Gasteiger partial charge on any atom is -0.487 e. The van der Waals surface area contributed by atoms with Gasteiger partial charge in [0.15, 0.2) is 0 Å². The van der Waals surface area contributed by atoms with Crippen LogP contribution in [0.1, 0.15) is 36.0 Å². The summed E-state index contributed by atoms with van der Waals surface area (Å²) in [6, 6.07) is 16.8. The Bertz CT molecular complexity index is 848. The lowest BCUT2D eigenvalue weighted by Crippen LogP contribution is -2.49. The quantitative estimate of drug-likeness (QED) is 0.590. The van der Waals surface area contributed by atoms with E-state index in [1.807, 2.05) is 12.1 Å². The molecule has 0 amide bonds. The van der Waals surface area contributed by atoms with E-state index in [9.17, 15) is 4.79 Å². The largest absolute Gasteiger partial charge is 0.487 e. The van der Waals surface area contributed by atoms with Crippen LogP contribution >= 0.6 is 0 Å². The number of carbonyl (C=O) groups excluding carboxylic acids is 1. The zero-order chi connectivity index (χ0) is 19.4. The third kappa shape index (κ3) is 4.28. The molecule has 4 nitrogen and oxygen atoms in total. The third-order valence-electron chi connectivity index (χ3n) is 5.92. The number of hydrogen-bond acceptors (Lipinski definition) is 4. The van der Waals surface area contributed by atoms with E-state index in [1.54, 1.807) is 6.08 Å². The molecule has 2 aliphatic heterocycles. The highest BCUT2D eigenvalue weighted by Crippen LogP contribution is 2.39. The van der Waals surface area contributed by atoms with E-state index >= 15 is 0 Å². The van der Waals surface area contributed by atoms with E-state index < -0.39 is 0 Å². The molecule has 146 valence electrons. The van der Waals surface area contributed by atoms with Crippen LogP contribution in [0.5, 0.6) is 5.75 Å². The number of methoxy groups -OCH3 is 1. The molecule has 1 fully saturated rings. The fourth-order valence-electron chi connectivity index (χ4n) is 4.15. The number of aryl methyl sites for hydroxylation is 1. The number of para-hydroxylation sites is 1. The van der Waals surface area contributed by atoms with Crippen molar-refractivity contribution in [2.75, 3.05) is 20.2 Å². The fraction of sp³-hybridized carbons (Fsp3) is 0.375. The molecule has 2 heterocycles. The van der Waals surface area contributed by atoms with Gasteiger partial charge >= 0.3 is 5.97 Å². The van der Waals surface area contributed by atoms with Crippen LogP contribution in [-0.2, 0) is 22.5 Å². The summed E-state index contributed by atoms with van der Waals surface area (Å²) in [7, 11) is 1.38. The van der Waals surface area contributed by atoms with Crippen molar-refractivity contribution in [3.63, 3.8) is 0 Å². The molecule has 28 heavy (non-hydrogen) atoms. The molecule has 0 saturated carbocycles. The number of esters is 1. The average Bonchev–Trinajstić information content (AvgIpc) is 2.75. The van der Waals surface area contributed by atoms with Gasteiger partial charge in [-0.05, 0) is 54.5 Å². The van der Waals surface area contributed by atoms with Crippen molar-refractivity contribution < 1.29 is 14.3 Å². The van der Waals surface area contributed by atoms with Gasteiger partial charge in [0, 0.05) is 25.7 Å². The van der Waals surface area contributed by atoms with Crippen molar-refractivity contribution in [2.45, 2.75) is 37.8 Å². The van der Waals surface area contributed by atoms with E-state index in [4.69, 9.17) is 4.74 Å². The Morgan fingerprint density at radius 3 is 2.61 bits per heavy atom.